The smallest absolute Gasteiger partial charge is 0.138 e. The number of rotatable bonds is 8. The number of ether oxygens (including phenoxy) is 2. The number of hydrogen-bond acceptors (Lipinski definition) is 4. The number of aromatic nitrogens is 4. The van der Waals surface area contributed by atoms with Gasteiger partial charge >= 0.3 is 0 Å². The third kappa shape index (κ3) is 6.19. The topological polar surface area (TPSA) is 75.8 Å². The molecule has 0 spiro atoms. The SMILES string of the molecule is COc1ccc(-c2nc(-c3cccc(I)c3)c(-c3ccc(-c4nc(-c5ccc(OC)cc5)[nH]c4-c4cccc(I)c4)cc3)[nH]2)cc1. The van der Waals surface area contributed by atoms with Crippen molar-refractivity contribution in [1.82, 2.24) is 19.9 Å². The van der Waals surface area contributed by atoms with Crippen molar-refractivity contribution in [3.05, 3.63) is 128 Å². The van der Waals surface area contributed by atoms with Crippen LogP contribution in [-0.4, -0.2) is 34.2 Å². The molecule has 0 fully saturated rings. The summed E-state index contributed by atoms with van der Waals surface area (Å²) >= 11 is 4.70. The van der Waals surface area contributed by atoms with Gasteiger partial charge < -0.3 is 19.4 Å². The van der Waals surface area contributed by atoms with E-state index in [4.69, 9.17) is 19.4 Å². The molecular formula is C38H28I2N4O2. The first kappa shape index (κ1) is 30.2. The van der Waals surface area contributed by atoms with Crippen LogP contribution in [0.15, 0.2) is 121 Å². The Labute approximate surface area is 294 Å². The van der Waals surface area contributed by atoms with E-state index in [-0.39, 0.29) is 0 Å². The lowest BCUT2D eigenvalue weighted by Crippen LogP contribution is -1.87. The molecule has 0 aliphatic carbocycles. The number of benzene rings is 5. The van der Waals surface area contributed by atoms with Crippen LogP contribution < -0.4 is 9.47 Å². The molecule has 0 atom stereocenters. The Bertz CT molecular complexity index is 1980. The molecule has 7 rings (SSSR count). The lowest BCUT2D eigenvalue weighted by molar-refractivity contribution is 0.415. The van der Waals surface area contributed by atoms with Crippen molar-refractivity contribution in [3.8, 4) is 79.3 Å². The van der Waals surface area contributed by atoms with Crippen LogP contribution in [0.3, 0.4) is 0 Å². The van der Waals surface area contributed by atoms with Crippen molar-refractivity contribution >= 4 is 45.2 Å². The molecule has 2 heterocycles. The average molecular weight is 826 g/mol. The van der Waals surface area contributed by atoms with Crippen molar-refractivity contribution in [2.75, 3.05) is 14.2 Å². The minimum absolute atomic E-state index is 0.799. The lowest BCUT2D eigenvalue weighted by Gasteiger charge is -2.07. The number of halogens is 2. The summed E-state index contributed by atoms with van der Waals surface area (Å²) in [5.74, 6) is 3.21. The Balaban J connectivity index is 1.31. The van der Waals surface area contributed by atoms with E-state index in [0.717, 1.165) is 86.4 Å². The molecule has 6 nitrogen and oxygen atoms in total. The van der Waals surface area contributed by atoms with E-state index < -0.39 is 0 Å². The summed E-state index contributed by atoms with van der Waals surface area (Å²) in [4.78, 5) is 17.4. The first-order chi connectivity index (χ1) is 22.5. The number of aromatic amines is 2. The fraction of sp³-hybridized carbons (Fsp3) is 0.0526. The zero-order valence-corrected chi connectivity index (χ0v) is 29.3. The quantitative estimate of drug-likeness (QED) is 0.150. The van der Waals surface area contributed by atoms with Gasteiger partial charge in [-0.05, 0) is 118 Å². The minimum atomic E-state index is 0.799. The Morgan fingerprint density at radius 2 is 0.870 bits per heavy atom. The van der Waals surface area contributed by atoms with Crippen molar-refractivity contribution in [1.29, 1.82) is 0 Å². The average Bonchev–Trinajstić information content (AvgIpc) is 3.75. The fourth-order valence-corrected chi connectivity index (χ4v) is 6.51. The molecule has 0 saturated carbocycles. The molecule has 0 bridgehead atoms. The van der Waals surface area contributed by atoms with Crippen LogP contribution in [0.4, 0.5) is 0 Å². The highest BCUT2D eigenvalue weighted by Crippen LogP contribution is 2.37. The summed E-state index contributed by atoms with van der Waals surface area (Å²) in [5, 5.41) is 0. The maximum Gasteiger partial charge on any atom is 0.138 e. The fourth-order valence-electron chi connectivity index (χ4n) is 5.43. The van der Waals surface area contributed by atoms with Crippen LogP contribution in [0.2, 0.25) is 0 Å². The van der Waals surface area contributed by atoms with Crippen LogP contribution in [0, 0.1) is 7.14 Å². The number of methoxy groups -OCH3 is 2. The zero-order valence-electron chi connectivity index (χ0n) is 25.0. The third-order valence-electron chi connectivity index (χ3n) is 7.79. The predicted octanol–water partition coefficient (Wildman–Crippen LogP) is 10.4. The first-order valence-corrected chi connectivity index (χ1v) is 16.8. The zero-order chi connectivity index (χ0) is 31.6. The second-order valence-electron chi connectivity index (χ2n) is 10.7. The van der Waals surface area contributed by atoms with Crippen LogP contribution in [0.25, 0.3) is 67.8 Å². The van der Waals surface area contributed by atoms with Gasteiger partial charge in [0.1, 0.15) is 23.1 Å². The summed E-state index contributed by atoms with van der Waals surface area (Å²) in [6.45, 7) is 0. The van der Waals surface area contributed by atoms with Gasteiger partial charge in [0, 0.05) is 40.5 Å². The van der Waals surface area contributed by atoms with E-state index >= 15 is 0 Å². The molecule has 0 saturated heterocycles. The number of imidazole rings is 2. The number of nitrogens with one attached hydrogen (secondary N) is 2. The van der Waals surface area contributed by atoms with Gasteiger partial charge in [-0.3, -0.25) is 0 Å². The van der Waals surface area contributed by atoms with Gasteiger partial charge in [0.05, 0.1) is 37.0 Å². The summed E-state index contributed by atoms with van der Waals surface area (Å²) < 4.78 is 13.0. The lowest BCUT2D eigenvalue weighted by atomic mass is 10.0. The van der Waals surface area contributed by atoms with Gasteiger partial charge in [0.25, 0.3) is 0 Å². The molecule has 7 aromatic rings. The van der Waals surface area contributed by atoms with Gasteiger partial charge in [0.2, 0.25) is 0 Å². The Hall–Kier alpha value is -4.42. The molecule has 0 amide bonds. The number of hydrogen-bond donors (Lipinski definition) is 2. The molecular weight excluding hydrogens is 798 g/mol. The molecule has 0 unspecified atom stereocenters. The van der Waals surface area contributed by atoms with E-state index in [0.29, 0.717) is 0 Å². The van der Waals surface area contributed by atoms with E-state index in [9.17, 15) is 0 Å². The molecule has 2 aromatic heterocycles. The van der Waals surface area contributed by atoms with E-state index in [2.05, 4.69) is 128 Å². The van der Waals surface area contributed by atoms with Gasteiger partial charge in [-0.1, -0.05) is 48.5 Å². The Morgan fingerprint density at radius 1 is 0.457 bits per heavy atom. The van der Waals surface area contributed by atoms with Crippen LogP contribution >= 0.6 is 45.2 Å². The van der Waals surface area contributed by atoms with E-state index in [1.54, 1.807) is 14.2 Å². The largest absolute Gasteiger partial charge is 0.497 e. The highest BCUT2D eigenvalue weighted by atomic mass is 127. The highest BCUT2D eigenvalue weighted by Gasteiger charge is 2.19. The monoisotopic (exact) mass is 826 g/mol. The van der Waals surface area contributed by atoms with Crippen LogP contribution in [0.5, 0.6) is 11.5 Å². The van der Waals surface area contributed by atoms with E-state index in [1.165, 1.54) is 0 Å². The summed E-state index contributed by atoms with van der Waals surface area (Å²) in [5.41, 5.74) is 9.88. The maximum absolute atomic E-state index is 5.37. The number of H-pyrrole nitrogens is 2. The Kier molecular flexibility index (Phi) is 8.63. The van der Waals surface area contributed by atoms with Gasteiger partial charge in [-0.25, -0.2) is 9.97 Å². The van der Waals surface area contributed by atoms with Crippen molar-refractivity contribution in [2.45, 2.75) is 0 Å². The van der Waals surface area contributed by atoms with Crippen molar-refractivity contribution in [3.63, 3.8) is 0 Å². The highest BCUT2D eigenvalue weighted by molar-refractivity contribution is 14.1. The third-order valence-corrected chi connectivity index (χ3v) is 9.13. The predicted molar refractivity (Wildman–Crippen MR) is 202 cm³/mol. The van der Waals surface area contributed by atoms with Gasteiger partial charge in [0.15, 0.2) is 0 Å². The second kappa shape index (κ2) is 13.1. The standard InChI is InChI=1S/C38H28I2N4O2/c1-45-31-17-13-25(14-18-31)37-41-33(35(43-37)27-5-3-7-29(39)21-27)23-9-11-24(12-10-23)34-36(28-6-4-8-30(40)22-28)44-38(42-34)26-15-19-32(46-2)20-16-26/h3-22H,1-2H3,(H,41,43)(H,42,44). The normalized spacial score (nSPS) is 11.0. The molecule has 226 valence electrons. The maximum atomic E-state index is 5.37. The molecule has 8 heteroatoms. The summed E-state index contributed by atoms with van der Waals surface area (Å²) in [7, 11) is 3.34. The van der Waals surface area contributed by atoms with Crippen molar-refractivity contribution < 1.29 is 9.47 Å². The molecule has 46 heavy (non-hydrogen) atoms. The Morgan fingerprint density at radius 3 is 1.37 bits per heavy atom. The summed E-state index contributed by atoms with van der Waals surface area (Å²) in [6, 6.07) is 41.3. The summed E-state index contributed by atoms with van der Waals surface area (Å²) in [6.07, 6.45) is 0. The van der Waals surface area contributed by atoms with E-state index in [1.807, 2.05) is 48.5 Å². The number of nitrogens with zero attached hydrogens (tertiary/aromatic N) is 2. The van der Waals surface area contributed by atoms with Gasteiger partial charge in [-0.2, -0.15) is 0 Å². The van der Waals surface area contributed by atoms with Crippen LogP contribution in [0.1, 0.15) is 0 Å². The van der Waals surface area contributed by atoms with Gasteiger partial charge in [-0.15, -0.1) is 0 Å². The molecule has 0 aliphatic heterocycles. The minimum Gasteiger partial charge on any atom is -0.497 e. The van der Waals surface area contributed by atoms with Crippen LogP contribution in [-0.2, 0) is 0 Å². The molecule has 0 aliphatic rings. The first-order valence-electron chi connectivity index (χ1n) is 14.6. The molecule has 0 radical (unpaired) electrons. The molecule has 5 aromatic carbocycles. The van der Waals surface area contributed by atoms with Crippen molar-refractivity contribution in [2.24, 2.45) is 0 Å². The molecule has 2 N–H and O–H groups in total. The second-order valence-corrected chi connectivity index (χ2v) is 13.2.